The fourth-order valence-corrected chi connectivity index (χ4v) is 5.37. The van der Waals surface area contributed by atoms with Gasteiger partial charge >= 0.3 is 12.5 Å². The van der Waals surface area contributed by atoms with Crippen LogP contribution < -0.4 is 24.6 Å². The Bertz CT molecular complexity index is 1320. The predicted molar refractivity (Wildman–Crippen MR) is 146 cm³/mol. The van der Waals surface area contributed by atoms with Crippen LogP contribution in [0.1, 0.15) is 36.8 Å². The van der Waals surface area contributed by atoms with E-state index in [1.54, 1.807) is 12.1 Å². The molecule has 2 aromatic carbocycles. The third-order valence-corrected chi connectivity index (χ3v) is 7.56. The lowest BCUT2D eigenvalue weighted by Gasteiger charge is -2.37. The molecular weight excluding hydrogens is 564 g/mol. The molecule has 7 nitrogen and oxygen atoms in total. The van der Waals surface area contributed by atoms with Gasteiger partial charge in [0.05, 0.1) is 11.1 Å². The highest BCUT2D eigenvalue weighted by Gasteiger charge is 2.32. The number of nitrogens with zero attached hydrogens (tertiary/aromatic N) is 4. The van der Waals surface area contributed by atoms with Gasteiger partial charge in [0.25, 0.3) is 0 Å². The second kappa shape index (κ2) is 12.1. The van der Waals surface area contributed by atoms with Crippen molar-refractivity contribution >= 4 is 17.2 Å². The highest BCUT2D eigenvalue weighted by atomic mass is 19.4. The minimum atomic E-state index is -4.72. The average Bonchev–Trinajstić information content (AvgIpc) is 2.95. The zero-order chi connectivity index (χ0) is 29.9. The summed E-state index contributed by atoms with van der Waals surface area (Å²) in [6, 6.07) is 11.1. The topological polar surface area (TPSA) is 62.8 Å². The molecule has 0 unspecified atom stereocenters. The molecule has 0 amide bonds. The number of hydrogen-bond acceptors (Lipinski definition) is 7. The highest BCUT2D eigenvalue weighted by molar-refractivity contribution is 5.54. The third kappa shape index (κ3) is 7.48. The molecule has 42 heavy (non-hydrogen) atoms. The van der Waals surface area contributed by atoms with Crippen LogP contribution in [0.3, 0.4) is 0 Å². The van der Waals surface area contributed by atoms with Gasteiger partial charge in [0, 0.05) is 43.6 Å². The van der Waals surface area contributed by atoms with E-state index in [4.69, 9.17) is 4.74 Å². The maximum absolute atomic E-state index is 12.9. The van der Waals surface area contributed by atoms with E-state index < -0.39 is 18.1 Å². The maximum atomic E-state index is 12.9. The van der Waals surface area contributed by atoms with Crippen LogP contribution in [0, 0.1) is 6.92 Å². The third-order valence-electron chi connectivity index (χ3n) is 7.56. The Morgan fingerprint density at radius 1 is 0.786 bits per heavy atom. The van der Waals surface area contributed by atoms with Crippen LogP contribution in [0.2, 0.25) is 0 Å². The fourth-order valence-electron chi connectivity index (χ4n) is 5.37. The molecular formula is C29H31F6N5O2. The van der Waals surface area contributed by atoms with Gasteiger partial charge in [-0.25, -0.2) is 9.97 Å². The second-order valence-electron chi connectivity index (χ2n) is 10.5. The lowest BCUT2D eigenvalue weighted by molar-refractivity contribution is -0.274. The number of aromatic nitrogens is 2. The molecule has 2 fully saturated rings. The van der Waals surface area contributed by atoms with Crippen LogP contribution in [0.5, 0.6) is 11.6 Å². The number of alkyl halides is 6. The number of nitrogens with one attached hydrogen (secondary N) is 1. The Morgan fingerprint density at radius 2 is 1.40 bits per heavy atom. The fraction of sp³-hybridized carbons (Fsp3) is 0.448. The van der Waals surface area contributed by atoms with Crippen LogP contribution in [0.25, 0.3) is 0 Å². The van der Waals surface area contributed by atoms with Crippen molar-refractivity contribution in [3.8, 4) is 11.6 Å². The molecule has 226 valence electrons. The number of halogens is 6. The van der Waals surface area contributed by atoms with Crippen LogP contribution >= 0.6 is 0 Å². The summed E-state index contributed by atoms with van der Waals surface area (Å²) < 4.78 is 86.0. The Kier molecular flexibility index (Phi) is 8.55. The molecule has 5 rings (SSSR count). The molecule has 2 heterocycles. The van der Waals surface area contributed by atoms with Gasteiger partial charge in [0.2, 0.25) is 5.88 Å². The van der Waals surface area contributed by atoms with Gasteiger partial charge in [0.1, 0.15) is 24.0 Å². The summed E-state index contributed by atoms with van der Waals surface area (Å²) in [4.78, 5) is 13.0. The van der Waals surface area contributed by atoms with E-state index >= 15 is 0 Å². The number of ether oxygens (including phenoxy) is 2. The van der Waals surface area contributed by atoms with E-state index in [1.807, 2.05) is 6.92 Å². The molecule has 1 aromatic heterocycles. The largest absolute Gasteiger partial charge is 0.573 e. The monoisotopic (exact) mass is 595 g/mol. The maximum Gasteiger partial charge on any atom is 0.573 e. The van der Waals surface area contributed by atoms with Gasteiger partial charge in [-0.2, -0.15) is 13.2 Å². The van der Waals surface area contributed by atoms with E-state index in [0.717, 1.165) is 60.6 Å². The standard InChI is InChI=1S/C29H31F6N5O2/c1-19-26(40-16-14-39(15-17-40)23-8-2-20(3-9-23)28(30,31)32)36-18-37-27(19)41-24-10-4-21(5-11-24)38-22-6-12-25(13-7-22)42-29(33,34)35/h2-3,6-9,12-13,18,21,24,38H,4-5,10-11,14-17H2,1H3. The molecule has 2 aliphatic rings. The Morgan fingerprint density at radius 3 is 2.00 bits per heavy atom. The summed E-state index contributed by atoms with van der Waals surface area (Å²) in [6.07, 6.45) is -4.38. The number of piperazine rings is 1. The summed E-state index contributed by atoms with van der Waals surface area (Å²) in [5.74, 6) is 1.05. The van der Waals surface area contributed by atoms with Gasteiger partial charge in [-0.3, -0.25) is 0 Å². The molecule has 1 aliphatic carbocycles. The van der Waals surface area contributed by atoms with E-state index in [1.165, 1.54) is 30.6 Å². The Labute approximate surface area is 239 Å². The molecule has 13 heteroatoms. The quantitative estimate of drug-likeness (QED) is 0.301. The van der Waals surface area contributed by atoms with Crippen molar-refractivity contribution in [2.24, 2.45) is 0 Å². The van der Waals surface area contributed by atoms with Gasteiger partial charge < -0.3 is 24.6 Å². The first-order valence-electron chi connectivity index (χ1n) is 13.7. The first-order chi connectivity index (χ1) is 19.9. The van der Waals surface area contributed by atoms with Crippen LogP contribution in [-0.4, -0.2) is 54.7 Å². The van der Waals surface area contributed by atoms with Gasteiger partial charge in [-0.15, -0.1) is 13.2 Å². The van der Waals surface area contributed by atoms with Crippen LogP contribution in [0.4, 0.5) is 43.5 Å². The molecule has 0 spiro atoms. The Hall–Kier alpha value is -3.90. The van der Waals surface area contributed by atoms with Crippen molar-refractivity contribution in [2.45, 2.75) is 57.3 Å². The highest BCUT2D eigenvalue weighted by Crippen LogP contribution is 2.33. The first kappa shape index (κ1) is 29.6. The summed E-state index contributed by atoms with van der Waals surface area (Å²) in [5.41, 5.74) is 1.65. The van der Waals surface area contributed by atoms with Crippen molar-refractivity contribution in [1.29, 1.82) is 0 Å². The van der Waals surface area contributed by atoms with Crippen molar-refractivity contribution in [3.05, 3.63) is 66.0 Å². The lowest BCUT2D eigenvalue weighted by Crippen LogP contribution is -2.47. The first-order valence-corrected chi connectivity index (χ1v) is 13.7. The lowest BCUT2D eigenvalue weighted by atomic mass is 9.92. The van der Waals surface area contributed by atoms with E-state index in [-0.39, 0.29) is 17.9 Å². The average molecular weight is 596 g/mol. The second-order valence-corrected chi connectivity index (χ2v) is 10.5. The molecule has 1 saturated carbocycles. The van der Waals surface area contributed by atoms with Crippen LogP contribution in [-0.2, 0) is 6.18 Å². The van der Waals surface area contributed by atoms with Gasteiger partial charge in [-0.05, 0) is 81.1 Å². The van der Waals surface area contributed by atoms with Crippen molar-refractivity contribution in [2.75, 3.05) is 41.3 Å². The van der Waals surface area contributed by atoms with Crippen molar-refractivity contribution in [1.82, 2.24) is 9.97 Å². The van der Waals surface area contributed by atoms with E-state index in [2.05, 4.69) is 29.8 Å². The number of hydrogen-bond donors (Lipinski definition) is 1. The molecule has 0 bridgehead atoms. The van der Waals surface area contributed by atoms with E-state index in [0.29, 0.717) is 32.1 Å². The molecule has 0 radical (unpaired) electrons. The number of benzene rings is 2. The van der Waals surface area contributed by atoms with Gasteiger partial charge in [0.15, 0.2) is 0 Å². The molecule has 1 aliphatic heterocycles. The zero-order valence-electron chi connectivity index (χ0n) is 22.9. The van der Waals surface area contributed by atoms with Crippen LogP contribution in [0.15, 0.2) is 54.9 Å². The Balaban J connectivity index is 1.11. The molecule has 1 saturated heterocycles. The van der Waals surface area contributed by atoms with E-state index in [9.17, 15) is 26.3 Å². The van der Waals surface area contributed by atoms with Gasteiger partial charge in [-0.1, -0.05) is 0 Å². The molecule has 1 N–H and O–H groups in total. The molecule has 0 atom stereocenters. The molecule has 3 aromatic rings. The van der Waals surface area contributed by atoms with Crippen molar-refractivity contribution < 1.29 is 35.8 Å². The number of anilines is 3. The SMILES string of the molecule is Cc1c(OC2CCC(Nc3ccc(OC(F)(F)F)cc3)CC2)ncnc1N1CCN(c2ccc(C(F)(F)F)cc2)CC1. The number of rotatable bonds is 7. The zero-order valence-corrected chi connectivity index (χ0v) is 22.9. The minimum absolute atomic E-state index is 0.0245. The summed E-state index contributed by atoms with van der Waals surface area (Å²) in [7, 11) is 0. The summed E-state index contributed by atoms with van der Waals surface area (Å²) in [5, 5.41) is 3.36. The predicted octanol–water partition coefficient (Wildman–Crippen LogP) is 6.83. The minimum Gasteiger partial charge on any atom is -0.474 e. The normalized spacial score (nSPS) is 19.9. The summed E-state index contributed by atoms with van der Waals surface area (Å²) >= 11 is 0. The summed E-state index contributed by atoms with van der Waals surface area (Å²) in [6.45, 7) is 4.50. The smallest absolute Gasteiger partial charge is 0.474 e. The van der Waals surface area contributed by atoms with Crippen molar-refractivity contribution in [3.63, 3.8) is 0 Å².